The lowest BCUT2D eigenvalue weighted by Gasteiger charge is -2.36. The monoisotopic (exact) mass is 241 g/mol. The summed E-state index contributed by atoms with van der Waals surface area (Å²) in [5.41, 5.74) is 0. The first-order chi connectivity index (χ1) is 8.29. The van der Waals surface area contributed by atoms with Gasteiger partial charge < -0.3 is 20.3 Å². The maximum Gasteiger partial charge on any atom is 0.0715 e. The van der Waals surface area contributed by atoms with Crippen molar-refractivity contribution < 1.29 is 4.74 Å². The number of rotatable bonds is 4. The van der Waals surface area contributed by atoms with E-state index in [-0.39, 0.29) is 0 Å². The predicted octanol–water partition coefficient (Wildman–Crippen LogP) is 0.295. The molecule has 0 aromatic heterocycles. The van der Waals surface area contributed by atoms with Gasteiger partial charge in [0.15, 0.2) is 0 Å². The quantitative estimate of drug-likeness (QED) is 0.742. The molecule has 100 valence electrons. The van der Waals surface area contributed by atoms with Gasteiger partial charge in [0.1, 0.15) is 0 Å². The molecule has 17 heavy (non-hydrogen) atoms. The Labute approximate surface area is 105 Å². The van der Waals surface area contributed by atoms with Crippen LogP contribution in [0.15, 0.2) is 0 Å². The summed E-state index contributed by atoms with van der Waals surface area (Å²) in [5, 5.41) is 6.92. The summed E-state index contributed by atoms with van der Waals surface area (Å²) in [5.74, 6) is 0.821. The summed E-state index contributed by atoms with van der Waals surface area (Å²) >= 11 is 0. The van der Waals surface area contributed by atoms with Gasteiger partial charge in [-0.25, -0.2) is 0 Å². The fourth-order valence-electron chi connectivity index (χ4n) is 3.03. The molecule has 2 aliphatic rings. The minimum absolute atomic E-state index is 0.404. The highest BCUT2D eigenvalue weighted by atomic mass is 16.5. The van der Waals surface area contributed by atoms with Crippen LogP contribution in [0.25, 0.3) is 0 Å². The van der Waals surface area contributed by atoms with Gasteiger partial charge in [-0.1, -0.05) is 0 Å². The molecule has 0 saturated carbocycles. The number of piperidine rings is 1. The third-order valence-corrected chi connectivity index (χ3v) is 4.22. The van der Waals surface area contributed by atoms with Crippen LogP contribution < -0.4 is 10.6 Å². The third kappa shape index (κ3) is 3.91. The van der Waals surface area contributed by atoms with E-state index in [1.807, 2.05) is 0 Å². The second kappa shape index (κ2) is 6.69. The summed E-state index contributed by atoms with van der Waals surface area (Å²) in [4.78, 5) is 2.43. The second-order valence-electron chi connectivity index (χ2n) is 5.47. The first-order valence-corrected chi connectivity index (χ1v) is 6.97. The van der Waals surface area contributed by atoms with Crippen molar-refractivity contribution in [1.29, 1.82) is 0 Å². The van der Waals surface area contributed by atoms with Crippen LogP contribution in [-0.2, 0) is 4.74 Å². The molecule has 2 rings (SSSR count). The van der Waals surface area contributed by atoms with E-state index in [1.54, 1.807) is 0 Å². The van der Waals surface area contributed by atoms with E-state index < -0.39 is 0 Å². The maximum atomic E-state index is 5.81. The summed E-state index contributed by atoms with van der Waals surface area (Å²) in [7, 11) is 4.32. The number of hydrogen-bond acceptors (Lipinski definition) is 4. The van der Waals surface area contributed by atoms with E-state index in [9.17, 15) is 0 Å². The molecule has 0 aromatic carbocycles. The van der Waals surface area contributed by atoms with Crippen LogP contribution in [0.1, 0.15) is 19.3 Å². The van der Waals surface area contributed by atoms with Gasteiger partial charge in [-0.2, -0.15) is 0 Å². The topological polar surface area (TPSA) is 36.5 Å². The molecule has 0 spiro atoms. The molecule has 4 nitrogen and oxygen atoms in total. The van der Waals surface area contributed by atoms with Crippen molar-refractivity contribution in [2.24, 2.45) is 5.92 Å². The Hall–Kier alpha value is -0.160. The van der Waals surface area contributed by atoms with Crippen LogP contribution in [-0.4, -0.2) is 63.9 Å². The highest BCUT2D eigenvalue weighted by molar-refractivity contribution is 4.84. The van der Waals surface area contributed by atoms with Gasteiger partial charge in [-0.3, -0.25) is 0 Å². The zero-order chi connectivity index (χ0) is 12.1. The SMILES string of the molecule is CNC(CC1CNCCO1)C1CCN(C)CC1. The van der Waals surface area contributed by atoms with Crippen molar-refractivity contribution in [2.45, 2.75) is 31.4 Å². The average molecular weight is 241 g/mol. The number of likely N-dealkylation sites (tertiary alicyclic amines) is 1. The smallest absolute Gasteiger partial charge is 0.0715 e. The van der Waals surface area contributed by atoms with E-state index in [2.05, 4.69) is 29.6 Å². The van der Waals surface area contributed by atoms with Gasteiger partial charge in [-0.05, 0) is 52.4 Å². The van der Waals surface area contributed by atoms with Crippen molar-refractivity contribution in [3.05, 3.63) is 0 Å². The lowest BCUT2D eigenvalue weighted by Crippen LogP contribution is -2.46. The van der Waals surface area contributed by atoms with Gasteiger partial charge >= 0.3 is 0 Å². The Morgan fingerprint density at radius 3 is 2.76 bits per heavy atom. The molecule has 0 radical (unpaired) electrons. The molecular weight excluding hydrogens is 214 g/mol. The zero-order valence-corrected chi connectivity index (χ0v) is 11.2. The predicted molar refractivity (Wildman–Crippen MR) is 70.3 cm³/mol. The highest BCUT2D eigenvalue weighted by Gasteiger charge is 2.27. The Bertz CT molecular complexity index is 211. The van der Waals surface area contributed by atoms with Crippen molar-refractivity contribution in [2.75, 3.05) is 46.9 Å². The molecule has 2 N–H and O–H groups in total. The molecule has 2 unspecified atom stereocenters. The molecule has 2 saturated heterocycles. The fourth-order valence-corrected chi connectivity index (χ4v) is 3.03. The van der Waals surface area contributed by atoms with Crippen LogP contribution in [0.4, 0.5) is 0 Å². The number of hydrogen-bond donors (Lipinski definition) is 2. The lowest BCUT2D eigenvalue weighted by atomic mass is 9.86. The normalized spacial score (nSPS) is 30.4. The standard InChI is InChI=1S/C13H27N3O/c1-14-13(9-12-10-15-5-8-17-12)11-3-6-16(2)7-4-11/h11-15H,3-10H2,1-2H3. The van der Waals surface area contributed by atoms with Crippen LogP contribution in [0, 0.1) is 5.92 Å². The summed E-state index contributed by atoms with van der Waals surface area (Å²) in [6, 6.07) is 0.619. The van der Waals surface area contributed by atoms with Gasteiger partial charge in [0.2, 0.25) is 0 Å². The molecule has 4 heteroatoms. The Morgan fingerprint density at radius 2 is 2.18 bits per heavy atom. The molecule has 2 atom stereocenters. The van der Waals surface area contributed by atoms with Crippen LogP contribution in [0.5, 0.6) is 0 Å². The van der Waals surface area contributed by atoms with E-state index in [1.165, 1.54) is 25.9 Å². The van der Waals surface area contributed by atoms with Crippen molar-refractivity contribution in [3.63, 3.8) is 0 Å². The molecular formula is C13H27N3O. The van der Waals surface area contributed by atoms with Crippen LogP contribution >= 0.6 is 0 Å². The van der Waals surface area contributed by atoms with E-state index in [4.69, 9.17) is 4.74 Å². The fraction of sp³-hybridized carbons (Fsp3) is 1.00. The summed E-state index contributed by atoms with van der Waals surface area (Å²) in [6.45, 7) is 5.38. The van der Waals surface area contributed by atoms with Crippen molar-refractivity contribution >= 4 is 0 Å². The number of ether oxygens (including phenoxy) is 1. The highest BCUT2D eigenvalue weighted by Crippen LogP contribution is 2.23. The number of nitrogens with one attached hydrogen (secondary N) is 2. The molecule has 0 amide bonds. The molecule has 0 bridgehead atoms. The Balaban J connectivity index is 1.78. The first kappa shape index (κ1) is 13.3. The maximum absolute atomic E-state index is 5.81. The average Bonchev–Trinajstić information content (AvgIpc) is 2.38. The molecule has 2 fully saturated rings. The minimum atomic E-state index is 0.404. The van der Waals surface area contributed by atoms with Gasteiger partial charge in [-0.15, -0.1) is 0 Å². The Morgan fingerprint density at radius 1 is 1.41 bits per heavy atom. The van der Waals surface area contributed by atoms with Crippen LogP contribution in [0.2, 0.25) is 0 Å². The lowest BCUT2D eigenvalue weighted by molar-refractivity contribution is 0.0106. The van der Waals surface area contributed by atoms with Crippen LogP contribution in [0.3, 0.4) is 0 Å². The first-order valence-electron chi connectivity index (χ1n) is 6.97. The minimum Gasteiger partial charge on any atom is -0.376 e. The molecule has 2 aliphatic heterocycles. The van der Waals surface area contributed by atoms with Gasteiger partial charge in [0, 0.05) is 19.1 Å². The molecule has 0 aromatic rings. The Kier molecular flexibility index (Phi) is 5.22. The van der Waals surface area contributed by atoms with Crippen molar-refractivity contribution in [3.8, 4) is 0 Å². The van der Waals surface area contributed by atoms with E-state index >= 15 is 0 Å². The summed E-state index contributed by atoms with van der Waals surface area (Å²) in [6.07, 6.45) is 4.20. The van der Waals surface area contributed by atoms with E-state index in [0.29, 0.717) is 12.1 Å². The van der Waals surface area contributed by atoms with Gasteiger partial charge in [0.25, 0.3) is 0 Å². The third-order valence-electron chi connectivity index (χ3n) is 4.22. The van der Waals surface area contributed by atoms with E-state index in [0.717, 1.165) is 32.0 Å². The summed E-state index contributed by atoms with van der Waals surface area (Å²) < 4.78 is 5.81. The van der Waals surface area contributed by atoms with Gasteiger partial charge in [0.05, 0.1) is 12.7 Å². The second-order valence-corrected chi connectivity index (χ2v) is 5.47. The molecule has 0 aliphatic carbocycles. The zero-order valence-electron chi connectivity index (χ0n) is 11.2. The van der Waals surface area contributed by atoms with Crippen molar-refractivity contribution in [1.82, 2.24) is 15.5 Å². The number of nitrogens with zero attached hydrogens (tertiary/aromatic N) is 1. The molecule has 2 heterocycles. The number of morpholine rings is 1. The largest absolute Gasteiger partial charge is 0.376 e.